The number of hydrogen-bond acceptors (Lipinski definition) is 8. The summed E-state index contributed by atoms with van der Waals surface area (Å²) in [5.41, 5.74) is 1.53. The first-order valence-corrected chi connectivity index (χ1v) is 12.7. The normalized spacial score (nSPS) is 11.7. The molecule has 0 spiro atoms. The number of nitriles is 1. The van der Waals surface area contributed by atoms with Crippen LogP contribution in [0.25, 0.3) is 16.8 Å². The largest absolute Gasteiger partial charge is 0.489 e. The smallest absolute Gasteiger partial charge is 0.268 e. The Morgan fingerprint density at radius 1 is 1.09 bits per heavy atom. The fourth-order valence-corrected chi connectivity index (χ4v) is 4.63. The molecule has 0 aliphatic carbocycles. The molecule has 8 nitrogen and oxygen atoms in total. The summed E-state index contributed by atoms with van der Waals surface area (Å²) in [6.07, 6.45) is 2.41. The highest BCUT2D eigenvalue weighted by Gasteiger charge is 2.17. The van der Waals surface area contributed by atoms with E-state index < -0.39 is 15.7 Å². The van der Waals surface area contributed by atoms with E-state index in [2.05, 4.69) is 33.7 Å². The summed E-state index contributed by atoms with van der Waals surface area (Å²) in [5.74, 6) is -0.0646. The van der Waals surface area contributed by atoms with E-state index in [1.807, 2.05) is 30.3 Å². The van der Waals surface area contributed by atoms with Crippen LogP contribution in [-0.2, 0) is 21.2 Å². The molecule has 0 bridgehead atoms. The number of nitrogens with zero attached hydrogens (tertiary/aromatic N) is 3. The number of benzene rings is 3. The molecule has 10 heteroatoms. The van der Waals surface area contributed by atoms with Gasteiger partial charge in [-0.3, -0.25) is 10.1 Å². The van der Waals surface area contributed by atoms with E-state index >= 15 is 0 Å². The Morgan fingerprint density at radius 3 is 2.53 bits per heavy atom. The predicted octanol–water partition coefficient (Wildman–Crippen LogP) is 4.22. The monoisotopic (exact) mass is 490 g/mol. The third-order valence-corrected chi connectivity index (χ3v) is 7.28. The van der Waals surface area contributed by atoms with E-state index in [1.165, 1.54) is 6.08 Å². The Morgan fingerprint density at radius 2 is 1.82 bits per heavy atom. The lowest BCUT2D eigenvalue weighted by atomic mass is 10.1. The summed E-state index contributed by atoms with van der Waals surface area (Å²) >= 11 is 0.713. The van der Waals surface area contributed by atoms with Gasteiger partial charge in [-0.05, 0) is 40.1 Å². The molecule has 0 aliphatic heterocycles. The molecule has 1 aromatic heterocycles. The number of nitrogens with one attached hydrogen (secondary N) is 1. The van der Waals surface area contributed by atoms with Gasteiger partial charge in [0.1, 0.15) is 24.0 Å². The van der Waals surface area contributed by atoms with Gasteiger partial charge in [0, 0.05) is 6.26 Å². The van der Waals surface area contributed by atoms with Crippen LogP contribution >= 0.6 is 11.3 Å². The van der Waals surface area contributed by atoms with E-state index in [1.54, 1.807) is 24.3 Å². The number of anilines is 1. The van der Waals surface area contributed by atoms with Crippen LogP contribution < -0.4 is 10.1 Å². The number of carbonyl (C=O) groups excluding carboxylic acids is 1. The molecule has 0 aliphatic rings. The molecule has 1 amide bonds. The Kier molecular flexibility index (Phi) is 6.67. The Balaban J connectivity index is 1.43. The summed E-state index contributed by atoms with van der Waals surface area (Å²) in [6.45, 7) is 0.402. The second kappa shape index (κ2) is 9.82. The van der Waals surface area contributed by atoms with Crippen LogP contribution in [0.1, 0.15) is 11.1 Å². The number of sulfone groups is 1. The summed E-state index contributed by atoms with van der Waals surface area (Å²) in [4.78, 5) is 12.4. The van der Waals surface area contributed by atoms with Gasteiger partial charge >= 0.3 is 0 Å². The molecule has 0 atom stereocenters. The van der Waals surface area contributed by atoms with Crippen molar-refractivity contribution in [3.8, 4) is 11.8 Å². The molecule has 0 unspecified atom stereocenters. The fraction of sp³-hybridized carbons (Fsp3) is 0.0833. The van der Waals surface area contributed by atoms with E-state index in [0.29, 0.717) is 29.3 Å². The average molecular weight is 491 g/mol. The van der Waals surface area contributed by atoms with Crippen LogP contribution in [0.4, 0.5) is 5.13 Å². The summed E-state index contributed by atoms with van der Waals surface area (Å²) in [6, 6.07) is 23.0. The van der Waals surface area contributed by atoms with Gasteiger partial charge in [-0.1, -0.05) is 65.9 Å². The number of amides is 1. The standard InChI is InChI=1S/C24H18N4O4S2/c1-34(30,31)24-28-27-23(33-24)26-22(29)19(14-25)13-16-9-11-20(12-10-16)32-15-18-7-4-6-17-5-2-3-8-21(17)18/h2-13H,15H2,1H3,(H,26,27,29). The maximum Gasteiger partial charge on any atom is 0.268 e. The fourth-order valence-electron chi connectivity index (χ4n) is 3.13. The van der Waals surface area contributed by atoms with E-state index in [-0.39, 0.29) is 15.0 Å². The number of rotatable bonds is 7. The molecule has 0 radical (unpaired) electrons. The van der Waals surface area contributed by atoms with Crippen molar-refractivity contribution in [2.75, 3.05) is 11.6 Å². The lowest BCUT2D eigenvalue weighted by Crippen LogP contribution is -2.13. The summed E-state index contributed by atoms with van der Waals surface area (Å²) < 4.78 is 28.7. The summed E-state index contributed by atoms with van der Waals surface area (Å²) in [7, 11) is -3.53. The topological polar surface area (TPSA) is 122 Å². The third kappa shape index (κ3) is 5.46. The zero-order chi connectivity index (χ0) is 24.1. The molecule has 34 heavy (non-hydrogen) atoms. The minimum atomic E-state index is -3.53. The van der Waals surface area contributed by atoms with Crippen molar-refractivity contribution in [1.29, 1.82) is 5.26 Å². The highest BCUT2D eigenvalue weighted by atomic mass is 32.2. The molecule has 1 N–H and O–H groups in total. The highest BCUT2D eigenvalue weighted by Crippen LogP contribution is 2.23. The van der Waals surface area contributed by atoms with Crippen LogP contribution in [0.15, 0.2) is 76.6 Å². The predicted molar refractivity (Wildman–Crippen MR) is 130 cm³/mol. The van der Waals surface area contributed by atoms with E-state index in [4.69, 9.17) is 4.74 Å². The minimum absolute atomic E-state index is 0.0104. The molecule has 0 fully saturated rings. The Hall–Kier alpha value is -4.07. The number of carbonyl (C=O) groups is 1. The average Bonchev–Trinajstić information content (AvgIpc) is 3.31. The molecule has 0 saturated carbocycles. The maximum absolute atomic E-state index is 12.4. The van der Waals surface area contributed by atoms with Gasteiger partial charge in [-0.15, -0.1) is 10.2 Å². The van der Waals surface area contributed by atoms with Crippen molar-refractivity contribution < 1.29 is 17.9 Å². The first-order chi connectivity index (χ1) is 16.3. The van der Waals surface area contributed by atoms with Gasteiger partial charge in [0.15, 0.2) is 0 Å². The van der Waals surface area contributed by atoms with Gasteiger partial charge in [0.2, 0.25) is 19.3 Å². The molecule has 0 saturated heterocycles. The lowest BCUT2D eigenvalue weighted by molar-refractivity contribution is -0.112. The first kappa shape index (κ1) is 23.1. The van der Waals surface area contributed by atoms with Crippen LogP contribution in [-0.4, -0.2) is 30.8 Å². The molecule has 4 rings (SSSR count). The van der Waals surface area contributed by atoms with E-state index in [9.17, 15) is 18.5 Å². The lowest BCUT2D eigenvalue weighted by Gasteiger charge is -2.09. The maximum atomic E-state index is 12.4. The van der Waals surface area contributed by atoms with Gasteiger partial charge in [-0.25, -0.2) is 8.42 Å². The minimum Gasteiger partial charge on any atom is -0.489 e. The molecule has 3 aromatic carbocycles. The first-order valence-electron chi connectivity index (χ1n) is 10.00. The second-order valence-electron chi connectivity index (χ2n) is 7.27. The Labute approximate surface area is 200 Å². The zero-order valence-electron chi connectivity index (χ0n) is 17.9. The van der Waals surface area contributed by atoms with Gasteiger partial charge in [-0.2, -0.15) is 5.26 Å². The van der Waals surface area contributed by atoms with Crippen molar-refractivity contribution >= 4 is 49.1 Å². The van der Waals surface area contributed by atoms with Crippen molar-refractivity contribution in [3.05, 3.63) is 83.4 Å². The van der Waals surface area contributed by atoms with Gasteiger partial charge in [0.25, 0.3) is 5.91 Å². The number of ether oxygens (including phenoxy) is 1. The zero-order valence-corrected chi connectivity index (χ0v) is 19.6. The van der Waals surface area contributed by atoms with Crippen molar-refractivity contribution in [2.45, 2.75) is 10.9 Å². The van der Waals surface area contributed by atoms with Gasteiger partial charge in [0.05, 0.1) is 0 Å². The molecule has 170 valence electrons. The molecule has 1 heterocycles. The molecular formula is C24H18N4O4S2. The number of aromatic nitrogens is 2. The van der Waals surface area contributed by atoms with E-state index in [0.717, 1.165) is 22.6 Å². The van der Waals surface area contributed by atoms with Crippen LogP contribution in [0.5, 0.6) is 5.75 Å². The van der Waals surface area contributed by atoms with Crippen LogP contribution in [0.2, 0.25) is 0 Å². The number of fused-ring (bicyclic) bond motifs is 1. The molecular weight excluding hydrogens is 472 g/mol. The summed E-state index contributed by atoms with van der Waals surface area (Å²) in [5, 5.41) is 21.2. The highest BCUT2D eigenvalue weighted by molar-refractivity contribution is 7.92. The Bertz CT molecular complexity index is 1530. The number of hydrogen-bond donors (Lipinski definition) is 1. The van der Waals surface area contributed by atoms with Crippen LogP contribution in [0.3, 0.4) is 0 Å². The third-order valence-electron chi connectivity index (χ3n) is 4.77. The van der Waals surface area contributed by atoms with Crippen LogP contribution in [0, 0.1) is 11.3 Å². The quantitative estimate of drug-likeness (QED) is 0.234. The van der Waals surface area contributed by atoms with Crippen molar-refractivity contribution in [3.63, 3.8) is 0 Å². The van der Waals surface area contributed by atoms with Crippen molar-refractivity contribution in [1.82, 2.24) is 10.2 Å². The van der Waals surface area contributed by atoms with Crippen molar-refractivity contribution in [2.24, 2.45) is 0 Å². The van der Waals surface area contributed by atoms with Gasteiger partial charge < -0.3 is 4.74 Å². The second-order valence-corrected chi connectivity index (χ2v) is 10.4. The molecule has 4 aromatic rings. The SMILES string of the molecule is CS(=O)(=O)c1nnc(NC(=O)C(C#N)=Cc2ccc(OCc3cccc4ccccc34)cc2)s1.